The van der Waals surface area contributed by atoms with E-state index in [4.69, 9.17) is 4.42 Å². The van der Waals surface area contributed by atoms with Gasteiger partial charge in [-0.2, -0.15) is 0 Å². The van der Waals surface area contributed by atoms with Crippen LogP contribution in [-0.4, -0.2) is 0 Å². The van der Waals surface area contributed by atoms with Crippen LogP contribution in [0.3, 0.4) is 0 Å². The van der Waals surface area contributed by atoms with Crippen molar-refractivity contribution >= 4 is 39.0 Å². The molecule has 1 heterocycles. The Morgan fingerprint density at radius 3 is 1.51 bits per heavy atom. The van der Waals surface area contributed by atoms with E-state index in [-0.39, 0.29) is 0 Å². The summed E-state index contributed by atoms with van der Waals surface area (Å²) in [5, 5.41) is 2.25. The normalized spacial score (nSPS) is 13.9. The minimum atomic E-state index is -0.614. The Morgan fingerprint density at radius 1 is 0.275 bits per heavy atom. The highest BCUT2D eigenvalue weighted by atomic mass is 16.3. The minimum absolute atomic E-state index is 0.614. The monoisotopic (exact) mass is 879 g/mol. The number of benzene rings is 11. The van der Waals surface area contributed by atoms with E-state index in [1.807, 2.05) is 6.07 Å². The zero-order valence-corrected chi connectivity index (χ0v) is 37.8. The van der Waals surface area contributed by atoms with Gasteiger partial charge in [-0.3, -0.25) is 0 Å². The molecule has 0 radical (unpaired) electrons. The molecule has 11 aromatic carbocycles. The molecule has 1 unspecified atom stereocenters. The van der Waals surface area contributed by atoms with Gasteiger partial charge in [0.2, 0.25) is 0 Å². The molecule has 2 nitrogen and oxygen atoms in total. The lowest BCUT2D eigenvalue weighted by atomic mass is 9.67. The topological polar surface area (TPSA) is 16.4 Å². The van der Waals surface area contributed by atoms with Crippen molar-refractivity contribution in [2.45, 2.75) is 5.41 Å². The second-order valence-corrected chi connectivity index (χ2v) is 18.0. The van der Waals surface area contributed by atoms with Crippen LogP contribution in [0.25, 0.3) is 77.6 Å². The molecule has 324 valence electrons. The number of hydrogen-bond acceptors (Lipinski definition) is 2. The summed E-state index contributed by atoms with van der Waals surface area (Å²) in [7, 11) is 0. The summed E-state index contributed by atoms with van der Waals surface area (Å²) >= 11 is 0. The molecule has 69 heavy (non-hydrogen) atoms. The van der Waals surface area contributed by atoms with E-state index in [0.717, 1.165) is 72.4 Å². The third kappa shape index (κ3) is 6.80. The maximum Gasteiger partial charge on any atom is 0.136 e. The first-order valence-corrected chi connectivity index (χ1v) is 23.7. The number of furan rings is 1. The predicted octanol–water partition coefficient (Wildman–Crippen LogP) is 18.1. The third-order valence-electron chi connectivity index (χ3n) is 14.1. The maximum absolute atomic E-state index is 6.35. The van der Waals surface area contributed by atoms with Gasteiger partial charge in [-0.05, 0) is 139 Å². The molecule has 13 rings (SSSR count). The summed E-state index contributed by atoms with van der Waals surface area (Å²) in [6.07, 6.45) is 0. The van der Waals surface area contributed by atoms with Crippen molar-refractivity contribution in [1.82, 2.24) is 0 Å². The van der Waals surface area contributed by atoms with Gasteiger partial charge in [0.1, 0.15) is 11.2 Å². The number of hydrogen-bond donors (Lipinski definition) is 0. The average Bonchev–Trinajstić information content (AvgIpc) is 3.96. The quantitative estimate of drug-likeness (QED) is 0.144. The SMILES string of the molecule is c1ccc(-c2cc(-c3ccccc3)cc(N(c3ccc(-c4cccc5oc6ccccc6c45)cc3)c3ccc4c(c3)C(c3ccccc3)(c3cccc(-c5ccccc5)c3)c3ccccc3-4)c2)cc1. The lowest BCUT2D eigenvalue weighted by molar-refractivity contribution is 0.669. The standard InChI is InChI=1S/C67H45NO/c1-5-19-46(20-6-1)50-25-17-28-54(42-50)67(53-26-11-4-12-27-53)62-32-15-13-29-59(62)60-40-39-56(45-63(60)67)68(57-43-51(47-21-7-2-8-22-47)41-52(44-57)48-23-9-3-10-24-48)55-37-35-49(36-38-55)58-31-18-34-65-66(58)61-30-14-16-33-64(61)69-65/h1-45H. The van der Waals surface area contributed by atoms with E-state index >= 15 is 0 Å². The molecule has 0 fully saturated rings. The van der Waals surface area contributed by atoms with E-state index in [1.165, 1.54) is 44.5 Å². The van der Waals surface area contributed by atoms with Gasteiger partial charge in [0, 0.05) is 27.8 Å². The Hall–Kier alpha value is -8.98. The Kier molecular flexibility index (Phi) is 9.77. The largest absolute Gasteiger partial charge is 0.456 e. The van der Waals surface area contributed by atoms with Crippen LogP contribution in [0.1, 0.15) is 22.3 Å². The van der Waals surface area contributed by atoms with Crippen molar-refractivity contribution < 1.29 is 4.42 Å². The summed E-state index contributed by atoms with van der Waals surface area (Å²) in [6, 6.07) is 99.6. The van der Waals surface area contributed by atoms with E-state index < -0.39 is 5.41 Å². The van der Waals surface area contributed by atoms with Gasteiger partial charge >= 0.3 is 0 Å². The first kappa shape index (κ1) is 40.3. The van der Waals surface area contributed by atoms with Gasteiger partial charge in [0.25, 0.3) is 0 Å². The predicted molar refractivity (Wildman–Crippen MR) is 287 cm³/mol. The second-order valence-electron chi connectivity index (χ2n) is 18.0. The molecule has 1 aromatic heterocycles. The van der Waals surface area contributed by atoms with Crippen LogP contribution < -0.4 is 4.90 Å². The second kappa shape index (κ2) is 16.7. The first-order valence-electron chi connectivity index (χ1n) is 23.7. The zero-order chi connectivity index (χ0) is 45.7. The van der Waals surface area contributed by atoms with Crippen molar-refractivity contribution in [2.75, 3.05) is 4.90 Å². The summed E-state index contributed by atoms with van der Waals surface area (Å²) in [5.41, 5.74) is 21.1. The molecule has 1 aliphatic carbocycles. The molecular weight excluding hydrogens is 835 g/mol. The van der Waals surface area contributed by atoms with Crippen molar-refractivity contribution in [2.24, 2.45) is 0 Å². The highest BCUT2D eigenvalue weighted by Crippen LogP contribution is 2.58. The number of rotatable bonds is 9. The maximum atomic E-state index is 6.35. The van der Waals surface area contributed by atoms with Gasteiger partial charge in [-0.1, -0.05) is 212 Å². The van der Waals surface area contributed by atoms with Gasteiger partial charge in [0.05, 0.1) is 5.41 Å². The molecule has 0 spiro atoms. The van der Waals surface area contributed by atoms with E-state index in [1.54, 1.807) is 0 Å². The Balaban J connectivity index is 1.06. The Labute approximate surface area is 402 Å². The molecule has 12 aromatic rings. The van der Waals surface area contributed by atoms with Gasteiger partial charge < -0.3 is 9.32 Å². The Morgan fingerprint density at radius 2 is 0.797 bits per heavy atom. The van der Waals surface area contributed by atoms with Gasteiger partial charge in [0.15, 0.2) is 0 Å². The van der Waals surface area contributed by atoms with Crippen LogP contribution in [0.15, 0.2) is 277 Å². The molecule has 1 atom stereocenters. The van der Waals surface area contributed by atoms with Crippen molar-refractivity contribution in [3.63, 3.8) is 0 Å². The fourth-order valence-electron chi connectivity index (χ4n) is 11.0. The van der Waals surface area contributed by atoms with E-state index in [0.29, 0.717) is 0 Å². The zero-order valence-electron chi connectivity index (χ0n) is 37.8. The molecule has 1 aliphatic rings. The van der Waals surface area contributed by atoms with Crippen molar-refractivity contribution in [1.29, 1.82) is 0 Å². The van der Waals surface area contributed by atoms with Gasteiger partial charge in [-0.25, -0.2) is 0 Å². The molecule has 0 saturated carbocycles. The summed E-state index contributed by atoms with van der Waals surface area (Å²) in [5.74, 6) is 0. The molecule has 2 heteroatoms. The molecule has 0 amide bonds. The number of para-hydroxylation sites is 1. The van der Waals surface area contributed by atoms with Crippen LogP contribution >= 0.6 is 0 Å². The lowest BCUT2D eigenvalue weighted by Gasteiger charge is -2.35. The van der Waals surface area contributed by atoms with Crippen LogP contribution in [0.2, 0.25) is 0 Å². The fraction of sp³-hybridized carbons (Fsp3) is 0.0149. The van der Waals surface area contributed by atoms with Crippen molar-refractivity contribution in [3.8, 4) is 55.6 Å². The smallest absolute Gasteiger partial charge is 0.136 e. The van der Waals surface area contributed by atoms with Crippen LogP contribution in [0.5, 0.6) is 0 Å². The van der Waals surface area contributed by atoms with Crippen LogP contribution in [-0.2, 0) is 5.41 Å². The van der Waals surface area contributed by atoms with Crippen molar-refractivity contribution in [3.05, 3.63) is 295 Å². The fourth-order valence-corrected chi connectivity index (χ4v) is 11.0. The van der Waals surface area contributed by atoms with E-state index in [2.05, 4.69) is 272 Å². The average molecular weight is 880 g/mol. The molecule has 0 aliphatic heterocycles. The summed E-state index contributed by atoms with van der Waals surface area (Å²) in [6.45, 7) is 0. The lowest BCUT2D eigenvalue weighted by Crippen LogP contribution is -2.29. The summed E-state index contributed by atoms with van der Waals surface area (Å²) in [4.78, 5) is 2.45. The Bertz CT molecular complexity index is 3760. The number of nitrogens with zero attached hydrogens (tertiary/aromatic N) is 1. The third-order valence-corrected chi connectivity index (χ3v) is 14.1. The molecule has 0 N–H and O–H groups in total. The molecular formula is C67H45NO. The molecule has 0 bridgehead atoms. The summed E-state index contributed by atoms with van der Waals surface area (Å²) < 4.78 is 6.35. The minimum Gasteiger partial charge on any atom is -0.456 e. The molecule has 0 saturated heterocycles. The van der Waals surface area contributed by atoms with Crippen LogP contribution in [0.4, 0.5) is 17.1 Å². The number of anilines is 3. The van der Waals surface area contributed by atoms with E-state index in [9.17, 15) is 0 Å². The highest BCUT2D eigenvalue weighted by molar-refractivity contribution is 6.12. The van der Waals surface area contributed by atoms with Gasteiger partial charge in [-0.15, -0.1) is 0 Å². The highest BCUT2D eigenvalue weighted by Gasteiger charge is 2.46. The first-order chi connectivity index (χ1) is 34.2. The number of fused-ring (bicyclic) bond motifs is 6. The van der Waals surface area contributed by atoms with Crippen LogP contribution in [0, 0.1) is 0 Å².